The van der Waals surface area contributed by atoms with Crippen LogP contribution in [0.15, 0.2) is 28.7 Å². The fourth-order valence-electron chi connectivity index (χ4n) is 2.21. The summed E-state index contributed by atoms with van der Waals surface area (Å²) in [5, 5.41) is 3.33. The van der Waals surface area contributed by atoms with Gasteiger partial charge in [0.1, 0.15) is 11.5 Å². The van der Waals surface area contributed by atoms with Crippen molar-refractivity contribution in [1.82, 2.24) is 10.3 Å². The Bertz CT molecular complexity index is 759. The molecule has 0 unspecified atom stereocenters. The molecule has 0 radical (unpaired) electrons. The van der Waals surface area contributed by atoms with Gasteiger partial charge < -0.3 is 9.73 Å². The molecule has 1 aromatic heterocycles. The average Bonchev–Trinajstić information content (AvgIpc) is 2.87. The van der Waals surface area contributed by atoms with Crippen molar-refractivity contribution in [2.75, 3.05) is 12.3 Å². The maximum absolute atomic E-state index is 12.2. The summed E-state index contributed by atoms with van der Waals surface area (Å²) >= 11 is 6.15. The largest absolute Gasteiger partial charge is 0.441 e. The Morgan fingerprint density at radius 1 is 1.36 bits per heavy atom. The predicted molar refractivity (Wildman–Crippen MR) is 101 cm³/mol. The standard InChI is InChI=1S/C18H23ClN2O3S/c1-12(2)8-9-20-17(22)11-25(23)10-16-13(3)24-18(21-16)14-6-4-5-7-15(14)19/h4-7,12H,8-11H2,1-3H3,(H,20,22)/t25-/m1/s1. The third-order valence-corrected chi connectivity index (χ3v) is 5.14. The van der Waals surface area contributed by atoms with Gasteiger partial charge in [0.25, 0.3) is 0 Å². The third-order valence-electron chi connectivity index (χ3n) is 3.63. The molecule has 0 saturated carbocycles. The van der Waals surface area contributed by atoms with Crippen molar-refractivity contribution in [3.05, 3.63) is 40.7 Å². The van der Waals surface area contributed by atoms with Crippen LogP contribution >= 0.6 is 11.6 Å². The number of amides is 1. The third kappa shape index (κ3) is 5.97. The molecule has 1 aromatic carbocycles. The summed E-state index contributed by atoms with van der Waals surface area (Å²) in [5.41, 5.74) is 1.28. The molecule has 2 rings (SSSR count). The highest BCUT2D eigenvalue weighted by atomic mass is 35.5. The van der Waals surface area contributed by atoms with Gasteiger partial charge in [-0.05, 0) is 31.4 Å². The molecule has 1 atom stereocenters. The van der Waals surface area contributed by atoms with Gasteiger partial charge >= 0.3 is 0 Å². The number of carbonyl (C=O) groups excluding carboxylic acids is 1. The molecule has 0 aliphatic rings. The number of rotatable bonds is 8. The van der Waals surface area contributed by atoms with Crippen molar-refractivity contribution in [1.29, 1.82) is 0 Å². The monoisotopic (exact) mass is 382 g/mol. The minimum absolute atomic E-state index is 0.0359. The molecular weight excluding hydrogens is 360 g/mol. The average molecular weight is 383 g/mol. The van der Waals surface area contributed by atoms with E-state index in [0.29, 0.717) is 40.4 Å². The lowest BCUT2D eigenvalue weighted by Gasteiger charge is -2.06. The zero-order chi connectivity index (χ0) is 18.4. The fourth-order valence-corrected chi connectivity index (χ4v) is 3.50. The van der Waals surface area contributed by atoms with Gasteiger partial charge in [0.05, 0.1) is 22.0 Å². The second kappa shape index (κ2) is 9.15. The first-order valence-electron chi connectivity index (χ1n) is 8.19. The minimum atomic E-state index is -1.34. The van der Waals surface area contributed by atoms with Gasteiger partial charge in [-0.15, -0.1) is 0 Å². The molecule has 5 nitrogen and oxygen atoms in total. The topological polar surface area (TPSA) is 72.2 Å². The van der Waals surface area contributed by atoms with Gasteiger partial charge in [-0.2, -0.15) is 0 Å². The zero-order valence-corrected chi connectivity index (χ0v) is 16.2. The number of hydrogen-bond acceptors (Lipinski definition) is 4. The number of nitrogens with one attached hydrogen (secondary N) is 1. The van der Waals surface area contributed by atoms with Crippen LogP contribution in [0.1, 0.15) is 31.7 Å². The SMILES string of the molecule is Cc1oc(-c2ccccc2Cl)nc1C[S@@](=O)CC(=O)NCCC(C)C. The molecule has 0 fully saturated rings. The van der Waals surface area contributed by atoms with Crippen molar-refractivity contribution in [3.8, 4) is 11.5 Å². The Labute approximate surface area is 155 Å². The Morgan fingerprint density at radius 2 is 2.08 bits per heavy atom. The maximum atomic E-state index is 12.2. The van der Waals surface area contributed by atoms with Crippen molar-refractivity contribution in [2.24, 2.45) is 5.92 Å². The van der Waals surface area contributed by atoms with E-state index in [-0.39, 0.29) is 17.4 Å². The summed E-state index contributed by atoms with van der Waals surface area (Å²) in [6.45, 7) is 6.55. The summed E-state index contributed by atoms with van der Waals surface area (Å²) in [6.07, 6.45) is 0.905. The Kier molecular flexibility index (Phi) is 7.20. The number of aromatic nitrogens is 1. The lowest BCUT2D eigenvalue weighted by atomic mass is 10.1. The summed E-state index contributed by atoms with van der Waals surface area (Å²) in [4.78, 5) is 16.2. The van der Waals surface area contributed by atoms with Crippen LogP contribution in [0, 0.1) is 12.8 Å². The summed E-state index contributed by atoms with van der Waals surface area (Å²) < 4.78 is 17.9. The Hall–Kier alpha value is -1.66. The predicted octanol–water partition coefficient (Wildman–Crippen LogP) is 3.71. The van der Waals surface area contributed by atoms with E-state index >= 15 is 0 Å². The molecule has 0 saturated heterocycles. The molecule has 0 spiro atoms. The normalized spacial score (nSPS) is 12.4. The first-order valence-corrected chi connectivity index (χ1v) is 10.1. The van der Waals surface area contributed by atoms with Gasteiger partial charge in [-0.3, -0.25) is 9.00 Å². The van der Waals surface area contributed by atoms with Crippen LogP contribution in [-0.2, 0) is 21.3 Å². The van der Waals surface area contributed by atoms with Crippen LogP contribution in [0.4, 0.5) is 0 Å². The molecule has 1 heterocycles. The van der Waals surface area contributed by atoms with E-state index in [1.54, 1.807) is 13.0 Å². The van der Waals surface area contributed by atoms with Crippen LogP contribution in [0.3, 0.4) is 0 Å². The zero-order valence-electron chi connectivity index (χ0n) is 14.7. The molecular formula is C18H23ClN2O3S. The van der Waals surface area contributed by atoms with Crippen LogP contribution < -0.4 is 5.32 Å². The van der Waals surface area contributed by atoms with Crippen molar-refractivity contribution < 1.29 is 13.4 Å². The van der Waals surface area contributed by atoms with E-state index in [0.717, 1.165) is 6.42 Å². The highest BCUT2D eigenvalue weighted by Gasteiger charge is 2.17. The fraction of sp³-hybridized carbons (Fsp3) is 0.444. The first-order chi connectivity index (χ1) is 11.9. The molecule has 2 aromatic rings. The smallest absolute Gasteiger partial charge is 0.232 e. The summed E-state index contributed by atoms with van der Waals surface area (Å²) in [5.74, 6) is 1.45. The molecule has 7 heteroatoms. The number of hydrogen-bond donors (Lipinski definition) is 1. The van der Waals surface area contributed by atoms with Crippen molar-refractivity contribution in [2.45, 2.75) is 32.9 Å². The van der Waals surface area contributed by atoms with E-state index in [4.69, 9.17) is 16.0 Å². The van der Waals surface area contributed by atoms with Gasteiger partial charge in [0.15, 0.2) is 0 Å². The molecule has 1 amide bonds. The Morgan fingerprint density at radius 3 is 2.76 bits per heavy atom. The number of carbonyl (C=O) groups is 1. The minimum Gasteiger partial charge on any atom is -0.441 e. The lowest BCUT2D eigenvalue weighted by Crippen LogP contribution is -2.30. The molecule has 0 aliphatic heterocycles. The van der Waals surface area contributed by atoms with Crippen LogP contribution in [0.2, 0.25) is 5.02 Å². The van der Waals surface area contributed by atoms with E-state index in [2.05, 4.69) is 24.1 Å². The summed E-state index contributed by atoms with van der Waals surface area (Å²) in [7, 11) is -1.34. The summed E-state index contributed by atoms with van der Waals surface area (Å²) in [6, 6.07) is 7.25. The van der Waals surface area contributed by atoms with Gasteiger partial charge in [0, 0.05) is 17.3 Å². The Balaban J connectivity index is 1.95. The number of nitrogens with zero attached hydrogens (tertiary/aromatic N) is 1. The van der Waals surface area contributed by atoms with E-state index in [1.165, 1.54) is 0 Å². The first kappa shape index (κ1) is 19.7. The van der Waals surface area contributed by atoms with E-state index < -0.39 is 10.8 Å². The van der Waals surface area contributed by atoms with E-state index in [9.17, 15) is 9.00 Å². The second-order valence-corrected chi connectivity index (χ2v) is 8.13. The van der Waals surface area contributed by atoms with Gasteiger partial charge in [-0.25, -0.2) is 4.98 Å². The highest BCUT2D eigenvalue weighted by Crippen LogP contribution is 2.28. The molecule has 25 heavy (non-hydrogen) atoms. The quantitative estimate of drug-likeness (QED) is 0.755. The van der Waals surface area contributed by atoms with Crippen LogP contribution in [0.25, 0.3) is 11.5 Å². The number of halogens is 1. The van der Waals surface area contributed by atoms with Gasteiger partial charge in [-0.1, -0.05) is 37.6 Å². The number of aryl methyl sites for hydroxylation is 1. The number of oxazole rings is 1. The van der Waals surface area contributed by atoms with Crippen LogP contribution in [0.5, 0.6) is 0 Å². The van der Waals surface area contributed by atoms with Crippen LogP contribution in [-0.4, -0.2) is 27.4 Å². The van der Waals surface area contributed by atoms with E-state index in [1.807, 2.05) is 18.2 Å². The maximum Gasteiger partial charge on any atom is 0.232 e. The van der Waals surface area contributed by atoms with Gasteiger partial charge in [0.2, 0.25) is 11.8 Å². The molecule has 1 N–H and O–H groups in total. The van der Waals surface area contributed by atoms with Crippen molar-refractivity contribution in [3.63, 3.8) is 0 Å². The molecule has 0 bridgehead atoms. The lowest BCUT2D eigenvalue weighted by molar-refractivity contribution is -0.118. The molecule has 0 aliphatic carbocycles. The van der Waals surface area contributed by atoms with Crippen molar-refractivity contribution >= 4 is 28.3 Å². The molecule has 136 valence electrons. The second-order valence-electron chi connectivity index (χ2n) is 6.26. The highest BCUT2D eigenvalue weighted by molar-refractivity contribution is 7.84. The number of benzene rings is 1.